The van der Waals surface area contributed by atoms with Crippen molar-refractivity contribution < 1.29 is 4.79 Å². The Hall–Kier alpha value is -1.26. The number of hydrogen-bond donors (Lipinski definition) is 2. The third-order valence-corrected chi connectivity index (χ3v) is 4.79. The lowest BCUT2D eigenvalue weighted by atomic mass is 9.78. The number of fused-ring (bicyclic) bond motifs is 1. The molecule has 2 atom stereocenters. The predicted molar refractivity (Wildman–Crippen MR) is 92.1 cm³/mol. The Bertz CT molecular complexity index is 559. The summed E-state index contributed by atoms with van der Waals surface area (Å²) in [6, 6.07) is 5.68. The number of benzene rings is 1. The number of hydrogen-bond acceptors (Lipinski definition) is 3. The quantitative estimate of drug-likeness (QED) is 0.506. The molecular formula is C17H26ClN3O. The summed E-state index contributed by atoms with van der Waals surface area (Å²) in [5.41, 5.74) is 4.51. The molecule has 1 aromatic rings. The van der Waals surface area contributed by atoms with E-state index in [0.29, 0.717) is 5.92 Å². The van der Waals surface area contributed by atoms with Gasteiger partial charge in [-0.1, -0.05) is 31.9 Å². The lowest BCUT2D eigenvalue weighted by molar-refractivity contribution is -0.123. The minimum atomic E-state index is -0.266. The second-order valence-electron chi connectivity index (χ2n) is 6.80. The molecule has 0 spiro atoms. The Kier molecular flexibility index (Phi) is 5.03. The van der Waals surface area contributed by atoms with Gasteiger partial charge in [0.1, 0.15) is 6.04 Å². The molecule has 0 saturated carbocycles. The van der Waals surface area contributed by atoms with Crippen molar-refractivity contribution in [3.8, 4) is 0 Å². The second-order valence-corrected chi connectivity index (χ2v) is 7.24. The summed E-state index contributed by atoms with van der Waals surface area (Å²) in [5.74, 6) is 5.69. The topological polar surface area (TPSA) is 58.4 Å². The standard InChI is InChI=1S/C17H26ClN3O/c1-5-6-15(16(22)20-19)21-14-8-7-12(18)9-13(14)11(2)10-17(21,3)4/h7-9,11,15H,5-6,10,19H2,1-4H3,(H,20,22)/t11-,15+/m1/s1. The first-order valence-corrected chi connectivity index (χ1v) is 8.29. The summed E-state index contributed by atoms with van der Waals surface area (Å²) in [6.45, 7) is 8.67. The van der Waals surface area contributed by atoms with Crippen molar-refractivity contribution >= 4 is 23.2 Å². The maximum Gasteiger partial charge on any atom is 0.256 e. The molecule has 1 heterocycles. The normalized spacial score (nSPS) is 21.2. The first kappa shape index (κ1) is 17.1. The number of rotatable bonds is 4. The average molecular weight is 324 g/mol. The minimum Gasteiger partial charge on any atom is -0.354 e. The van der Waals surface area contributed by atoms with Crippen LogP contribution in [0.15, 0.2) is 18.2 Å². The smallest absolute Gasteiger partial charge is 0.256 e. The van der Waals surface area contributed by atoms with Crippen LogP contribution in [0.4, 0.5) is 5.69 Å². The summed E-state index contributed by atoms with van der Waals surface area (Å²) in [7, 11) is 0. The van der Waals surface area contributed by atoms with E-state index in [2.05, 4.69) is 38.0 Å². The molecule has 1 aliphatic rings. The summed E-state index contributed by atoms with van der Waals surface area (Å²) < 4.78 is 0. The van der Waals surface area contributed by atoms with Gasteiger partial charge in [-0.2, -0.15) is 0 Å². The Morgan fingerprint density at radius 1 is 1.55 bits per heavy atom. The van der Waals surface area contributed by atoms with Crippen molar-refractivity contribution in [2.24, 2.45) is 5.84 Å². The molecule has 3 N–H and O–H groups in total. The number of hydrazine groups is 1. The second kappa shape index (κ2) is 6.47. The molecule has 1 aromatic carbocycles. The molecule has 5 heteroatoms. The maximum absolute atomic E-state index is 12.3. The van der Waals surface area contributed by atoms with Crippen molar-refractivity contribution in [2.45, 2.75) is 64.5 Å². The molecule has 1 aliphatic heterocycles. The number of carbonyl (C=O) groups is 1. The van der Waals surface area contributed by atoms with Gasteiger partial charge in [0, 0.05) is 16.2 Å². The van der Waals surface area contributed by atoms with E-state index >= 15 is 0 Å². The van der Waals surface area contributed by atoms with Crippen LogP contribution in [0.3, 0.4) is 0 Å². The summed E-state index contributed by atoms with van der Waals surface area (Å²) >= 11 is 6.17. The lowest BCUT2D eigenvalue weighted by Gasteiger charge is -2.50. The molecule has 22 heavy (non-hydrogen) atoms. The fourth-order valence-electron chi connectivity index (χ4n) is 3.76. The van der Waals surface area contributed by atoms with Crippen LogP contribution >= 0.6 is 11.6 Å². The van der Waals surface area contributed by atoms with Crippen LogP contribution < -0.4 is 16.2 Å². The zero-order chi connectivity index (χ0) is 16.5. The highest BCUT2D eigenvalue weighted by Crippen LogP contribution is 2.45. The Morgan fingerprint density at radius 3 is 2.82 bits per heavy atom. The number of nitrogens with two attached hydrogens (primary N) is 1. The fourth-order valence-corrected chi connectivity index (χ4v) is 3.94. The van der Waals surface area contributed by atoms with Gasteiger partial charge < -0.3 is 4.90 Å². The van der Waals surface area contributed by atoms with Crippen LogP contribution in [0.25, 0.3) is 0 Å². The zero-order valence-electron chi connectivity index (χ0n) is 13.8. The van der Waals surface area contributed by atoms with Gasteiger partial charge in [0.15, 0.2) is 0 Å². The van der Waals surface area contributed by atoms with Gasteiger partial charge in [0.2, 0.25) is 0 Å². The molecule has 122 valence electrons. The molecule has 0 aliphatic carbocycles. The predicted octanol–water partition coefficient (Wildman–Crippen LogP) is 3.59. The lowest BCUT2D eigenvalue weighted by Crippen LogP contribution is -2.59. The summed E-state index contributed by atoms with van der Waals surface area (Å²) in [4.78, 5) is 14.6. The maximum atomic E-state index is 12.3. The van der Waals surface area contributed by atoms with Gasteiger partial charge in [0.05, 0.1) is 0 Å². The monoisotopic (exact) mass is 323 g/mol. The van der Waals surface area contributed by atoms with Gasteiger partial charge in [-0.3, -0.25) is 10.2 Å². The van der Waals surface area contributed by atoms with Gasteiger partial charge in [-0.05, 0) is 56.4 Å². The number of nitrogens with one attached hydrogen (secondary N) is 1. The van der Waals surface area contributed by atoms with E-state index in [0.717, 1.165) is 30.0 Å². The number of nitrogens with zero attached hydrogens (tertiary/aromatic N) is 1. The highest BCUT2D eigenvalue weighted by atomic mass is 35.5. The van der Waals surface area contributed by atoms with Crippen LogP contribution in [0, 0.1) is 0 Å². The first-order chi connectivity index (χ1) is 10.3. The molecule has 0 unspecified atom stereocenters. The van der Waals surface area contributed by atoms with Crippen molar-refractivity contribution in [2.75, 3.05) is 4.90 Å². The Morgan fingerprint density at radius 2 is 2.23 bits per heavy atom. The minimum absolute atomic E-state index is 0.118. The SMILES string of the molecule is CCC[C@@H](C(=O)NN)N1c2ccc(Cl)cc2[C@H](C)CC1(C)C. The fraction of sp³-hybridized carbons (Fsp3) is 0.588. The van der Waals surface area contributed by atoms with Crippen LogP contribution in [-0.2, 0) is 4.79 Å². The number of halogens is 1. The average Bonchev–Trinajstić information content (AvgIpc) is 2.45. The van der Waals surface area contributed by atoms with Crippen molar-refractivity contribution in [3.05, 3.63) is 28.8 Å². The van der Waals surface area contributed by atoms with Crippen molar-refractivity contribution in [3.63, 3.8) is 0 Å². The van der Waals surface area contributed by atoms with Gasteiger partial charge in [0.25, 0.3) is 5.91 Å². The first-order valence-electron chi connectivity index (χ1n) is 7.91. The number of carbonyl (C=O) groups excluding carboxylic acids is 1. The molecule has 0 radical (unpaired) electrons. The molecule has 0 aromatic heterocycles. The van der Waals surface area contributed by atoms with E-state index < -0.39 is 0 Å². The van der Waals surface area contributed by atoms with Gasteiger partial charge in [-0.15, -0.1) is 0 Å². The summed E-state index contributed by atoms with van der Waals surface area (Å²) in [5, 5.41) is 0.737. The highest BCUT2D eigenvalue weighted by molar-refractivity contribution is 6.30. The van der Waals surface area contributed by atoms with Crippen molar-refractivity contribution in [1.29, 1.82) is 0 Å². The third kappa shape index (κ3) is 3.08. The number of amides is 1. The summed E-state index contributed by atoms with van der Waals surface area (Å²) in [6.07, 6.45) is 2.66. The van der Waals surface area contributed by atoms with E-state index in [9.17, 15) is 4.79 Å². The molecule has 1 amide bonds. The van der Waals surface area contributed by atoms with Crippen LogP contribution in [0.5, 0.6) is 0 Å². The van der Waals surface area contributed by atoms with Crippen LogP contribution in [-0.4, -0.2) is 17.5 Å². The van der Waals surface area contributed by atoms with Gasteiger partial charge >= 0.3 is 0 Å². The van der Waals surface area contributed by atoms with Crippen LogP contribution in [0.2, 0.25) is 5.02 Å². The largest absolute Gasteiger partial charge is 0.354 e. The molecular weight excluding hydrogens is 298 g/mol. The van der Waals surface area contributed by atoms with Crippen molar-refractivity contribution in [1.82, 2.24) is 5.43 Å². The molecule has 0 bridgehead atoms. The highest BCUT2D eigenvalue weighted by Gasteiger charge is 2.41. The number of anilines is 1. The Balaban J connectivity index is 2.56. The van der Waals surface area contributed by atoms with E-state index in [1.165, 1.54) is 5.56 Å². The Labute approximate surface area is 138 Å². The van der Waals surface area contributed by atoms with E-state index in [1.807, 2.05) is 18.2 Å². The van der Waals surface area contributed by atoms with E-state index in [-0.39, 0.29) is 17.5 Å². The molecule has 2 rings (SSSR count). The molecule has 0 saturated heterocycles. The van der Waals surface area contributed by atoms with Crippen LogP contribution in [0.1, 0.15) is 58.4 Å². The van der Waals surface area contributed by atoms with Gasteiger partial charge in [-0.25, -0.2) is 5.84 Å². The van der Waals surface area contributed by atoms with E-state index in [1.54, 1.807) is 0 Å². The zero-order valence-corrected chi connectivity index (χ0v) is 14.6. The molecule has 0 fully saturated rings. The van der Waals surface area contributed by atoms with E-state index in [4.69, 9.17) is 17.4 Å². The third-order valence-electron chi connectivity index (χ3n) is 4.56. The molecule has 4 nitrogen and oxygen atoms in total.